The molecule has 4 aromatic rings. The van der Waals surface area contributed by atoms with E-state index in [0.717, 1.165) is 22.6 Å². The maximum Gasteiger partial charge on any atom is 0.266 e. The zero-order valence-electron chi connectivity index (χ0n) is 18.3. The van der Waals surface area contributed by atoms with Crippen molar-refractivity contribution >= 4 is 23.1 Å². The fourth-order valence-corrected chi connectivity index (χ4v) is 3.54. The van der Waals surface area contributed by atoms with E-state index in [9.17, 15) is 4.79 Å². The highest BCUT2D eigenvalue weighted by Gasteiger charge is 2.16. The molecule has 3 aromatic carbocycles. The highest BCUT2D eigenvalue weighted by molar-refractivity contribution is 5.80. The van der Waals surface area contributed by atoms with Crippen LogP contribution in [0.2, 0.25) is 0 Å². The summed E-state index contributed by atoms with van der Waals surface area (Å²) < 4.78 is 7.01. The minimum absolute atomic E-state index is 0.0273. The summed E-state index contributed by atoms with van der Waals surface area (Å²) in [4.78, 5) is 18.3. The van der Waals surface area contributed by atoms with Gasteiger partial charge < -0.3 is 4.74 Å². The number of methoxy groups -OCH3 is 1. The highest BCUT2D eigenvalue weighted by atomic mass is 16.5. The molecule has 0 atom stereocenters. The van der Waals surface area contributed by atoms with Gasteiger partial charge in [-0.25, -0.2) is 4.98 Å². The van der Waals surface area contributed by atoms with Gasteiger partial charge in [-0.1, -0.05) is 63.2 Å². The van der Waals surface area contributed by atoms with Crippen LogP contribution in [-0.2, 0) is 5.41 Å². The van der Waals surface area contributed by atoms with Crippen LogP contribution in [-0.4, -0.2) is 16.7 Å². The molecule has 4 nitrogen and oxygen atoms in total. The maximum atomic E-state index is 13.5. The van der Waals surface area contributed by atoms with E-state index in [1.165, 1.54) is 0 Å². The van der Waals surface area contributed by atoms with Gasteiger partial charge in [0.1, 0.15) is 11.6 Å². The Kier molecular flexibility index (Phi) is 5.47. The molecule has 0 saturated carbocycles. The van der Waals surface area contributed by atoms with E-state index in [2.05, 4.69) is 32.9 Å². The number of ether oxygens (including phenoxy) is 1. The van der Waals surface area contributed by atoms with Gasteiger partial charge in [0, 0.05) is 0 Å². The summed E-state index contributed by atoms with van der Waals surface area (Å²) in [6, 6.07) is 23.3. The van der Waals surface area contributed by atoms with Crippen LogP contribution in [0.5, 0.6) is 5.75 Å². The van der Waals surface area contributed by atoms with Crippen LogP contribution < -0.4 is 10.3 Å². The summed E-state index contributed by atoms with van der Waals surface area (Å²) in [5.74, 6) is 1.36. The van der Waals surface area contributed by atoms with Crippen molar-refractivity contribution in [2.24, 2.45) is 0 Å². The van der Waals surface area contributed by atoms with E-state index in [0.29, 0.717) is 16.7 Å². The van der Waals surface area contributed by atoms with Gasteiger partial charge in [-0.15, -0.1) is 0 Å². The molecule has 0 N–H and O–H groups in total. The Morgan fingerprint density at radius 1 is 0.903 bits per heavy atom. The first-order chi connectivity index (χ1) is 14.9. The lowest BCUT2D eigenvalue weighted by Gasteiger charge is -2.20. The first-order valence-electron chi connectivity index (χ1n) is 10.3. The summed E-state index contributed by atoms with van der Waals surface area (Å²) in [6.07, 6.45) is 3.83. The summed E-state index contributed by atoms with van der Waals surface area (Å²) in [6.45, 7) is 6.49. The summed E-state index contributed by atoms with van der Waals surface area (Å²) in [5, 5.41) is 0.599. The quantitative estimate of drug-likeness (QED) is 0.423. The van der Waals surface area contributed by atoms with Gasteiger partial charge in [-0.05, 0) is 59.0 Å². The van der Waals surface area contributed by atoms with Gasteiger partial charge in [-0.2, -0.15) is 0 Å². The predicted octanol–water partition coefficient (Wildman–Crippen LogP) is 5.86. The number of para-hydroxylation sites is 1. The van der Waals surface area contributed by atoms with Crippen molar-refractivity contribution in [1.29, 1.82) is 0 Å². The Balaban J connectivity index is 1.92. The molecule has 0 amide bonds. The van der Waals surface area contributed by atoms with Crippen molar-refractivity contribution in [1.82, 2.24) is 9.55 Å². The number of fused-ring (bicyclic) bond motifs is 1. The third-order valence-electron chi connectivity index (χ3n) is 5.29. The molecule has 4 rings (SSSR count). The molecule has 0 radical (unpaired) electrons. The molecule has 0 aliphatic rings. The van der Waals surface area contributed by atoms with Crippen molar-refractivity contribution in [3.05, 3.63) is 100 Å². The first kappa shape index (κ1) is 20.6. The summed E-state index contributed by atoms with van der Waals surface area (Å²) >= 11 is 0. The Morgan fingerprint density at radius 3 is 2.45 bits per heavy atom. The van der Waals surface area contributed by atoms with E-state index in [-0.39, 0.29) is 11.0 Å². The molecule has 0 spiro atoms. The van der Waals surface area contributed by atoms with Crippen LogP contribution in [0.15, 0.2) is 77.6 Å². The minimum atomic E-state index is -0.0815. The van der Waals surface area contributed by atoms with Gasteiger partial charge in [0.15, 0.2) is 0 Å². The Labute approximate surface area is 182 Å². The molecule has 0 aliphatic heterocycles. The molecule has 0 unspecified atom stereocenters. The molecule has 156 valence electrons. The van der Waals surface area contributed by atoms with Gasteiger partial charge >= 0.3 is 0 Å². The van der Waals surface area contributed by atoms with Crippen LogP contribution in [0.1, 0.15) is 37.7 Å². The van der Waals surface area contributed by atoms with Crippen molar-refractivity contribution in [2.45, 2.75) is 26.2 Å². The first-order valence-corrected chi connectivity index (χ1v) is 10.3. The fraction of sp³-hybridized carbons (Fsp3) is 0.185. The lowest BCUT2D eigenvalue weighted by Crippen LogP contribution is -2.23. The molecular formula is C27H26N2O2. The van der Waals surface area contributed by atoms with Gasteiger partial charge in [0.05, 0.1) is 23.7 Å². The van der Waals surface area contributed by atoms with Crippen LogP contribution in [0.25, 0.3) is 28.7 Å². The average Bonchev–Trinajstić information content (AvgIpc) is 2.77. The smallest absolute Gasteiger partial charge is 0.266 e. The van der Waals surface area contributed by atoms with E-state index in [1.807, 2.05) is 72.8 Å². The third-order valence-corrected chi connectivity index (χ3v) is 5.29. The van der Waals surface area contributed by atoms with Crippen LogP contribution in [0.3, 0.4) is 0 Å². The second-order valence-corrected chi connectivity index (χ2v) is 8.54. The molecular weight excluding hydrogens is 384 g/mol. The standard InChI is InChI=1S/C27H26N2O2/c1-27(2,3)20-10-8-11-21(18-20)29-25(16-15-19-9-7-12-22(17-19)31-4)28-24-14-6-5-13-23(24)26(29)30/h5-18H,1-4H3/b16-15+. The van der Waals surface area contributed by atoms with Crippen LogP contribution in [0.4, 0.5) is 0 Å². The number of aromatic nitrogens is 2. The molecule has 1 aromatic heterocycles. The number of rotatable bonds is 4. The molecule has 31 heavy (non-hydrogen) atoms. The van der Waals surface area contributed by atoms with Gasteiger partial charge in [0.2, 0.25) is 0 Å². The van der Waals surface area contributed by atoms with E-state index in [1.54, 1.807) is 11.7 Å². The van der Waals surface area contributed by atoms with E-state index < -0.39 is 0 Å². The number of hydrogen-bond acceptors (Lipinski definition) is 3. The second-order valence-electron chi connectivity index (χ2n) is 8.54. The molecule has 4 heteroatoms. The molecule has 0 aliphatic carbocycles. The van der Waals surface area contributed by atoms with Crippen molar-refractivity contribution in [3.8, 4) is 11.4 Å². The monoisotopic (exact) mass is 410 g/mol. The number of nitrogens with zero attached hydrogens (tertiary/aromatic N) is 2. The summed E-state index contributed by atoms with van der Waals surface area (Å²) in [5.41, 5.74) is 3.51. The zero-order valence-corrected chi connectivity index (χ0v) is 18.3. The van der Waals surface area contributed by atoms with Crippen LogP contribution in [0, 0.1) is 0 Å². The van der Waals surface area contributed by atoms with E-state index >= 15 is 0 Å². The van der Waals surface area contributed by atoms with Gasteiger partial charge in [-0.3, -0.25) is 9.36 Å². The highest BCUT2D eigenvalue weighted by Crippen LogP contribution is 2.25. The average molecular weight is 411 g/mol. The van der Waals surface area contributed by atoms with Crippen molar-refractivity contribution in [2.75, 3.05) is 7.11 Å². The normalized spacial score (nSPS) is 11.9. The van der Waals surface area contributed by atoms with Crippen LogP contribution >= 0.6 is 0 Å². The second kappa shape index (κ2) is 8.23. The molecule has 0 bridgehead atoms. The van der Waals surface area contributed by atoms with Crippen molar-refractivity contribution in [3.63, 3.8) is 0 Å². The predicted molar refractivity (Wildman–Crippen MR) is 128 cm³/mol. The zero-order chi connectivity index (χ0) is 22.0. The number of benzene rings is 3. The summed E-state index contributed by atoms with van der Waals surface area (Å²) in [7, 11) is 1.65. The lowest BCUT2D eigenvalue weighted by molar-refractivity contribution is 0.414. The topological polar surface area (TPSA) is 44.1 Å². The molecule has 1 heterocycles. The largest absolute Gasteiger partial charge is 0.497 e. The Morgan fingerprint density at radius 2 is 1.68 bits per heavy atom. The third kappa shape index (κ3) is 4.29. The van der Waals surface area contributed by atoms with Crippen molar-refractivity contribution < 1.29 is 4.74 Å². The van der Waals surface area contributed by atoms with E-state index in [4.69, 9.17) is 9.72 Å². The minimum Gasteiger partial charge on any atom is -0.497 e. The molecule has 0 saturated heterocycles. The SMILES string of the molecule is COc1cccc(/C=C/c2nc3ccccc3c(=O)n2-c2cccc(C(C)(C)C)c2)c1. The Bertz CT molecular complexity index is 1330. The van der Waals surface area contributed by atoms with Gasteiger partial charge in [0.25, 0.3) is 5.56 Å². The number of hydrogen-bond donors (Lipinski definition) is 0. The maximum absolute atomic E-state index is 13.5. The molecule has 0 fully saturated rings. The Hall–Kier alpha value is -3.66. The fourth-order valence-electron chi connectivity index (χ4n) is 3.54. The lowest BCUT2D eigenvalue weighted by atomic mass is 9.87.